The SMILES string of the molecule is Oc1cccc(/C=N\NC(=S)Nc2ccccc2)c1. The van der Waals surface area contributed by atoms with Gasteiger partial charge in [-0.05, 0) is 42.0 Å². The molecule has 0 spiro atoms. The molecule has 5 heteroatoms. The van der Waals surface area contributed by atoms with Crippen LogP contribution in [0.1, 0.15) is 5.56 Å². The zero-order chi connectivity index (χ0) is 13.5. The average Bonchev–Trinajstić information content (AvgIpc) is 2.40. The molecule has 2 rings (SSSR count). The Hall–Kier alpha value is -2.40. The minimum atomic E-state index is 0.203. The van der Waals surface area contributed by atoms with Crippen LogP contribution in [0.15, 0.2) is 59.7 Å². The molecule has 2 aromatic rings. The van der Waals surface area contributed by atoms with Gasteiger partial charge in [0.2, 0.25) is 0 Å². The standard InChI is InChI=1S/C14H13N3OS/c18-13-8-4-5-11(9-13)10-15-17-14(19)16-12-6-2-1-3-7-12/h1-10,18H,(H2,16,17,19)/b15-10-. The lowest BCUT2D eigenvalue weighted by Gasteiger charge is -2.06. The van der Waals surface area contributed by atoms with Gasteiger partial charge in [0.05, 0.1) is 6.21 Å². The lowest BCUT2D eigenvalue weighted by atomic mass is 10.2. The Morgan fingerprint density at radius 1 is 1.11 bits per heavy atom. The third-order valence-electron chi connectivity index (χ3n) is 2.28. The first kappa shape index (κ1) is 13.0. The molecule has 2 aromatic carbocycles. The molecule has 0 heterocycles. The van der Waals surface area contributed by atoms with Crippen molar-refractivity contribution < 1.29 is 5.11 Å². The summed E-state index contributed by atoms with van der Waals surface area (Å²) >= 11 is 5.09. The van der Waals surface area contributed by atoms with Gasteiger partial charge in [-0.3, -0.25) is 5.43 Å². The fourth-order valence-corrected chi connectivity index (χ4v) is 1.62. The number of anilines is 1. The quantitative estimate of drug-likeness (QED) is 0.456. The first-order chi connectivity index (χ1) is 9.24. The van der Waals surface area contributed by atoms with Gasteiger partial charge in [0.25, 0.3) is 0 Å². The minimum Gasteiger partial charge on any atom is -0.508 e. The number of thiocarbonyl (C=S) groups is 1. The van der Waals surface area contributed by atoms with Crippen LogP contribution < -0.4 is 10.7 Å². The van der Waals surface area contributed by atoms with Crippen molar-refractivity contribution in [2.75, 3.05) is 5.32 Å². The average molecular weight is 271 g/mol. The molecule has 19 heavy (non-hydrogen) atoms. The van der Waals surface area contributed by atoms with Crippen LogP contribution in [0.2, 0.25) is 0 Å². The molecule has 0 aliphatic rings. The summed E-state index contributed by atoms with van der Waals surface area (Å²) in [5, 5.41) is 16.7. The molecule has 0 saturated carbocycles. The molecular weight excluding hydrogens is 258 g/mol. The fraction of sp³-hybridized carbons (Fsp3) is 0. The Kier molecular flexibility index (Phi) is 4.47. The first-order valence-corrected chi connectivity index (χ1v) is 6.09. The summed E-state index contributed by atoms with van der Waals surface area (Å²) in [6.45, 7) is 0. The molecule has 0 radical (unpaired) electrons. The van der Waals surface area contributed by atoms with Crippen LogP contribution in [0.25, 0.3) is 0 Å². The Morgan fingerprint density at radius 3 is 2.63 bits per heavy atom. The van der Waals surface area contributed by atoms with Gasteiger partial charge in [-0.15, -0.1) is 0 Å². The molecule has 0 unspecified atom stereocenters. The van der Waals surface area contributed by atoms with E-state index in [-0.39, 0.29) is 5.75 Å². The smallest absolute Gasteiger partial charge is 0.191 e. The molecule has 0 atom stereocenters. The van der Waals surface area contributed by atoms with Gasteiger partial charge in [-0.25, -0.2) is 0 Å². The van der Waals surface area contributed by atoms with E-state index in [0.29, 0.717) is 5.11 Å². The van der Waals surface area contributed by atoms with Gasteiger partial charge in [0.1, 0.15) is 5.75 Å². The van der Waals surface area contributed by atoms with Gasteiger partial charge < -0.3 is 10.4 Å². The normalized spacial score (nSPS) is 10.3. The van der Waals surface area contributed by atoms with E-state index < -0.39 is 0 Å². The number of phenols is 1. The zero-order valence-corrected chi connectivity index (χ0v) is 10.9. The first-order valence-electron chi connectivity index (χ1n) is 5.68. The predicted octanol–water partition coefficient (Wildman–Crippen LogP) is 2.71. The molecule has 0 aliphatic carbocycles. The number of hydrogen-bond donors (Lipinski definition) is 3. The number of rotatable bonds is 3. The molecule has 96 valence electrons. The predicted molar refractivity (Wildman–Crippen MR) is 81.5 cm³/mol. The summed E-state index contributed by atoms with van der Waals surface area (Å²) < 4.78 is 0. The van der Waals surface area contributed by atoms with Crippen molar-refractivity contribution in [1.29, 1.82) is 0 Å². The number of hydrogen-bond acceptors (Lipinski definition) is 3. The van der Waals surface area contributed by atoms with Crippen molar-refractivity contribution in [3.63, 3.8) is 0 Å². The molecule has 0 amide bonds. The van der Waals surface area contributed by atoms with Crippen LogP contribution in [-0.4, -0.2) is 16.4 Å². The summed E-state index contributed by atoms with van der Waals surface area (Å²) in [7, 11) is 0. The largest absolute Gasteiger partial charge is 0.508 e. The molecule has 0 bridgehead atoms. The van der Waals surface area contributed by atoms with E-state index in [1.807, 2.05) is 36.4 Å². The van der Waals surface area contributed by atoms with Crippen molar-refractivity contribution in [3.8, 4) is 5.75 Å². The van der Waals surface area contributed by atoms with Crippen LogP contribution in [0.3, 0.4) is 0 Å². The summed E-state index contributed by atoms with van der Waals surface area (Å²) in [5.41, 5.74) is 4.39. The maximum absolute atomic E-state index is 9.30. The number of para-hydroxylation sites is 1. The highest BCUT2D eigenvalue weighted by molar-refractivity contribution is 7.80. The number of phenolic OH excluding ortho intramolecular Hbond substituents is 1. The van der Waals surface area contributed by atoms with E-state index in [1.54, 1.807) is 24.4 Å². The van der Waals surface area contributed by atoms with Gasteiger partial charge in [-0.2, -0.15) is 5.10 Å². The van der Waals surface area contributed by atoms with Crippen LogP contribution >= 0.6 is 12.2 Å². The van der Waals surface area contributed by atoms with E-state index >= 15 is 0 Å². The van der Waals surface area contributed by atoms with Crippen molar-refractivity contribution >= 4 is 29.2 Å². The highest BCUT2D eigenvalue weighted by Crippen LogP contribution is 2.08. The van der Waals surface area contributed by atoms with Crippen molar-refractivity contribution in [1.82, 2.24) is 5.43 Å². The Morgan fingerprint density at radius 2 is 1.89 bits per heavy atom. The van der Waals surface area contributed by atoms with Crippen molar-refractivity contribution in [2.45, 2.75) is 0 Å². The van der Waals surface area contributed by atoms with Gasteiger partial charge in [-0.1, -0.05) is 30.3 Å². The second-order valence-corrected chi connectivity index (χ2v) is 4.19. The van der Waals surface area contributed by atoms with Crippen molar-refractivity contribution in [2.24, 2.45) is 5.10 Å². The molecule has 0 aliphatic heterocycles. The van der Waals surface area contributed by atoms with E-state index in [1.165, 1.54) is 0 Å². The molecule has 0 fully saturated rings. The van der Waals surface area contributed by atoms with Crippen LogP contribution in [0, 0.1) is 0 Å². The van der Waals surface area contributed by atoms with Crippen LogP contribution in [-0.2, 0) is 0 Å². The summed E-state index contributed by atoms with van der Waals surface area (Å²) in [4.78, 5) is 0. The number of benzene rings is 2. The summed E-state index contributed by atoms with van der Waals surface area (Å²) in [5.74, 6) is 0.203. The zero-order valence-electron chi connectivity index (χ0n) is 10.1. The topological polar surface area (TPSA) is 56.7 Å². The highest BCUT2D eigenvalue weighted by atomic mass is 32.1. The molecular formula is C14H13N3OS. The Bertz CT molecular complexity index is 584. The molecule has 3 N–H and O–H groups in total. The summed E-state index contributed by atoms with van der Waals surface area (Å²) in [6, 6.07) is 16.4. The van der Waals surface area contributed by atoms with E-state index in [2.05, 4.69) is 15.8 Å². The Labute approximate surface area is 116 Å². The van der Waals surface area contributed by atoms with E-state index in [9.17, 15) is 5.11 Å². The second-order valence-electron chi connectivity index (χ2n) is 3.79. The van der Waals surface area contributed by atoms with Gasteiger partial charge >= 0.3 is 0 Å². The third kappa shape index (κ3) is 4.40. The number of nitrogens with one attached hydrogen (secondary N) is 2. The third-order valence-corrected chi connectivity index (χ3v) is 2.47. The maximum Gasteiger partial charge on any atom is 0.191 e. The monoisotopic (exact) mass is 271 g/mol. The number of aromatic hydroxyl groups is 1. The molecule has 0 aromatic heterocycles. The van der Waals surface area contributed by atoms with Crippen LogP contribution in [0.4, 0.5) is 5.69 Å². The second kappa shape index (κ2) is 6.51. The maximum atomic E-state index is 9.30. The highest BCUT2D eigenvalue weighted by Gasteiger charge is 1.94. The Balaban J connectivity index is 1.87. The minimum absolute atomic E-state index is 0.203. The molecule has 0 saturated heterocycles. The van der Waals surface area contributed by atoms with Gasteiger partial charge in [0.15, 0.2) is 5.11 Å². The summed E-state index contributed by atoms with van der Waals surface area (Å²) in [6.07, 6.45) is 1.58. The molecule has 4 nitrogen and oxygen atoms in total. The van der Waals surface area contributed by atoms with Crippen molar-refractivity contribution in [3.05, 3.63) is 60.2 Å². The van der Waals surface area contributed by atoms with Crippen LogP contribution in [0.5, 0.6) is 5.75 Å². The fourth-order valence-electron chi connectivity index (χ4n) is 1.45. The lowest BCUT2D eigenvalue weighted by molar-refractivity contribution is 0.475. The van der Waals surface area contributed by atoms with E-state index in [4.69, 9.17) is 12.2 Å². The lowest BCUT2D eigenvalue weighted by Crippen LogP contribution is -2.23. The van der Waals surface area contributed by atoms with E-state index in [0.717, 1.165) is 11.3 Å². The van der Waals surface area contributed by atoms with Gasteiger partial charge in [0, 0.05) is 5.69 Å². The number of hydrazone groups is 1. The number of nitrogens with zero attached hydrogens (tertiary/aromatic N) is 1.